The van der Waals surface area contributed by atoms with Gasteiger partial charge in [-0.1, -0.05) is 11.6 Å². The topological polar surface area (TPSA) is 63.2 Å². The van der Waals surface area contributed by atoms with Gasteiger partial charge in [0, 0.05) is 10.7 Å². The summed E-state index contributed by atoms with van der Waals surface area (Å²) in [5.74, 6) is -0.208. The van der Waals surface area contributed by atoms with Crippen molar-refractivity contribution in [3.63, 3.8) is 0 Å². The maximum absolute atomic E-state index is 12.6. The minimum atomic E-state index is -3.62. The molecule has 0 saturated carbocycles. The number of nitrogens with one attached hydrogen (secondary N) is 1. The molecule has 4 nitrogen and oxygen atoms in total. The van der Waals surface area contributed by atoms with E-state index >= 15 is 0 Å². The monoisotopic (exact) mass is 391 g/mol. The third kappa shape index (κ3) is 3.76. The Hall–Kier alpha value is -2.15. The Bertz CT molecular complexity index is 1010. The van der Waals surface area contributed by atoms with Crippen LogP contribution in [0.2, 0.25) is 5.02 Å². The summed E-state index contributed by atoms with van der Waals surface area (Å²) in [5, 5.41) is 5.10. The number of rotatable bonds is 4. The zero-order valence-corrected chi connectivity index (χ0v) is 15.6. The first-order chi connectivity index (χ1) is 11.9. The molecule has 1 aromatic heterocycles. The molecular formula is C18H14ClNO3S2. The van der Waals surface area contributed by atoms with E-state index in [0.29, 0.717) is 15.6 Å². The van der Waals surface area contributed by atoms with Crippen LogP contribution in [-0.2, 0) is 9.84 Å². The fraction of sp³-hybridized carbons (Fsp3) is 0.0556. The number of amides is 1. The van der Waals surface area contributed by atoms with Crippen molar-refractivity contribution in [3.05, 3.63) is 75.4 Å². The SMILES string of the molecule is Cc1ccsc1C(=O)Nc1ccc(S(=O)(=O)c2ccc(Cl)cc2)cc1. The minimum absolute atomic E-state index is 0.153. The molecular weight excluding hydrogens is 378 g/mol. The summed E-state index contributed by atoms with van der Waals surface area (Å²) in [4.78, 5) is 13.2. The second-order valence-electron chi connectivity index (χ2n) is 5.37. The lowest BCUT2D eigenvalue weighted by Crippen LogP contribution is -2.11. The molecule has 1 amide bonds. The van der Waals surface area contributed by atoms with Crippen LogP contribution in [0.15, 0.2) is 69.8 Å². The van der Waals surface area contributed by atoms with E-state index in [1.165, 1.54) is 47.7 Å². The molecule has 0 radical (unpaired) electrons. The number of sulfone groups is 1. The van der Waals surface area contributed by atoms with Crippen LogP contribution in [0.4, 0.5) is 5.69 Å². The highest BCUT2D eigenvalue weighted by atomic mass is 35.5. The molecule has 3 rings (SSSR count). The third-order valence-electron chi connectivity index (χ3n) is 3.61. The first-order valence-corrected chi connectivity index (χ1v) is 10.1. The molecule has 1 N–H and O–H groups in total. The fourth-order valence-electron chi connectivity index (χ4n) is 2.26. The summed E-state index contributed by atoms with van der Waals surface area (Å²) in [7, 11) is -3.62. The predicted molar refractivity (Wildman–Crippen MR) is 100 cm³/mol. The molecule has 25 heavy (non-hydrogen) atoms. The number of aryl methyl sites for hydroxylation is 1. The van der Waals surface area contributed by atoms with Gasteiger partial charge in [0.25, 0.3) is 5.91 Å². The molecule has 0 saturated heterocycles. The van der Waals surface area contributed by atoms with Crippen LogP contribution in [0, 0.1) is 6.92 Å². The first-order valence-electron chi connectivity index (χ1n) is 7.34. The van der Waals surface area contributed by atoms with Crippen molar-refractivity contribution in [2.24, 2.45) is 0 Å². The Labute approximate surface area is 155 Å². The van der Waals surface area contributed by atoms with Gasteiger partial charge in [-0.2, -0.15) is 0 Å². The summed E-state index contributed by atoms with van der Waals surface area (Å²) < 4.78 is 25.2. The molecule has 3 aromatic rings. The zero-order chi connectivity index (χ0) is 18.0. The van der Waals surface area contributed by atoms with Crippen LogP contribution in [0.25, 0.3) is 0 Å². The number of thiophene rings is 1. The van der Waals surface area contributed by atoms with Crippen molar-refractivity contribution < 1.29 is 13.2 Å². The highest BCUT2D eigenvalue weighted by Gasteiger charge is 2.18. The predicted octanol–water partition coefficient (Wildman–Crippen LogP) is 4.80. The largest absolute Gasteiger partial charge is 0.321 e. The fourth-order valence-corrected chi connectivity index (χ4v) is 4.47. The van der Waals surface area contributed by atoms with E-state index in [-0.39, 0.29) is 15.7 Å². The van der Waals surface area contributed by atoms with E-state index in [9.17, 15) is 13.2 Å². The lowest BCUT2D eigenvalue weighted by Gasteiger charge is -2.08. The second-order valence-corrected chi connectivity index (χ2v) is 8.67. The minimum Gasteiger partial charge on any atom is -0.321 e. The summed E-state index contributed by atoms with van der Waals surface area (Å²) >= 11 is 7.16. The Balaban J connectivity index is 1.81. The number of carbonyl (C=O) groups excluding carboxylic acids is 1. The van der Waals surface area contributed by atoms with Gasteiger partial charge in [-0.25, -0.2) is 8.42 Å². The summed E-state index contributed by atoms with van der Waals surface area (Å²) in [6, 6.07) is 14.0. The van der Waals surface area contributed by atoms with E-state index in [0.717, 1.165) is 5.56 Å². The number of benzene rings is 2. The summed E-state index contributed by atoms with van der Waals surface area (Å²) in [5.41, 5.74) is 1.44. The Morgan fingerprint density at radius 3 is 2.04 bits per heavy atom. The molecule has 2 aromatic carbocycles. The zero-order valence-electron chi connectivity index (χ0n) is 13.2. The van der Waals surface area contributed by atoms with Crippen molar-refractivity contribution in [3.8, 4) is 0 Å². The molecule has 0 aliphatic rings. The Morgan fingerprint density at radius 2 is 1.52 bits per heavy atom. The lowest BCUT2D eigenvalue weighted by atomic mass is 10.2. The van der Waals surface area contributed by atoms with Gasteiger partial charge in [0.1, 0.15) is 0 Å². The third-order valence-corrected chi connectivity index (χ3v) is 6.67. The molecule has 0 fully saturated rings. The average Bonchev–Trinajstić information content (AvgIpc) is 3.02. The van der Waals surface area contributed by atoms with Gasteiger partial charge in [-0.3, -0.25) is 4.79 Å². The molecule has 0 bridgehead atoms. The van der Waals surface area contributed by atoms with Crippen molar-refractivity contribution in [2.75, 3.05) is 5.32 Å². The number of hydrogen-bond acceptors (Lipinski definition) is 4. The van der Waals surface area contributed by atoms with Crippen molar-refractivity contribution in [2.45, 2.75) is 16.7 Å². The van der Waals surface area contributed by atoms with Gasteiger partial charge < -0.3 is 5.32 Å². The quantitative estimate of drug-likeness (QED) is 0.695. The van der Waals surface area contributed by atoms with Gasteiger partial charge in [0.15, 0.2) is 0 Å². The molecule has 1 heterocycles. The van der Waals surface area contributed by atoms with Crippen molar-refractivity contribution in [1.29, 1.82) is 0 Å². The standard InChI is InChI=1S/C18H14ClNO3S2/c1-12-10-11-24-17(12)18(21)20-14-4-8-16(9-5-14)25(22,23)15-6-2-13(19)3-7-15/h2-11H,1H3,(H,20,21). The van der Waals surface area contributed by atoms with Gasteiger partial charge in [0.05, 0.1) is 14.7 Å². The smallest absolute Gasteiger partial charge is 0.265 e. The van der Waals surface area contributed by atoms with E-state index in [1.807, 2.05) is 18.4 Å². The van der Waals surface area contributed by atoms with Gasteiger partial charge in [-0.05, 0) is 72.5 Å². The maximum atomic E-state index is 12.6. The highest BCUT2D eigenvalue weighted by molar-refractivity contribution is 7.91. The van der Waals surface area contributed by atoms with Crippen LogP contribution < -0.4 is 5.32 Å². The van der Waals surface area contributed by atoms with E-state index < -0.39 is 9.84 Å². The van der Waals surface area contributed by atoms with Crippen LogP contribution in [0.1, 0.15) is 15.2 Å². The maximum Gasteiger partial charge on any atom is 0.265 e. The average molecular weight is 392 g/mol. The van der Waals surface area contributed by atoms with Crippen LogP contribution >= 0.6 is 22.9 Å². The lowest BCUT2D eigenvalue weighted by molar-refractivity contribution is 0.103. The van der Waals surface area contributed by atoms with Crippen LogP contribution in [-0.4, -0.2) is 14.3 Å². The Morgan fingerprint density at radius 1 is 0.960 bits per heavy atom. The molecule has 0 aliphatic heterocycles. The molecule has 0 unspecified atom stereocenters. The van der Waals surface area contributed by atoms with Crippen LogP contribution in [0.3, 0.4) is 0 Å². The second kappa shape index (κ2) is 7.00. The Kier molecular flexibility index (Phi) is 4.94. The summed E-state index contributed by atoms with van der Waals surface area (Å²) in [6.45, 7) is 1.87. The normalized spacial score (nSPS) is 11.3. The number of halogens is 1. The summed E-state index contributed by atoms with van der Waals surface area (Å²) in [6.07, 6.45) is 0. The molecule has 0 spiro atoms. The molecule has 0 aliphatic carbocycles. The van der Waals surface area contributed by atoms with Gasteiger partial charge >= 0.3 is 0 Å². The van der Waals surface area contributed by atoms with Crippen LogP contribution in [0.5, 0.6) is 0 Å². The molecule has 128 valence electrons. The molecule has 7 heteroatoms. The van der Waals surface area contributed by atoms with Gasteiger partial charge in [-0.15, -0.1) is 11.3 Å². The number of anilines is 1. The van der Waals surface area contributed by atoms with Crippen molar-refractivity contribution >= 4 is 44.4 Å². The number of carbonyl (C=O) groups is 1. The molecule has 0 atom stereocenters. The highest BCUT2D eigenvalue weighted by Crippen LogP contribution is 2.24. The van der Waals surface area contributed by atoms with Crippen molar-refractivity contribution in [1.82, 2.24) is 0 Å². The first kappa shape index (κ1) is 17.7. The van der Waals surface area contributed by atoms with Gasteiger partial charge in [0.2, 0.25) is 9.84 Å². The van der Waals surface area contributed by atoms with E-state index in [4.69, 9.17) is 11.6 Å². The number of hydrogen-bond donors (Lipinski definition) is 1. The van der Waals surface area contributed by atoms with E-state index in [1.54, 1.807) is 12.1 Å². The van der Waals surface area contributed by atoms with E-state index in [2.05, 4.69) is 5.32 Å².